The maximum absolute atomic E-state index is 12.7. The van der Waals surface area contributed by atoms with Gasteiger partial charge in [0, 0.05) is 12.4 Å². The largest absolute Gasteiger partial charge is 0.463 e. The molecule has 28 heavy (non-hydrogen) atoms. The van der Waals surface area contributed by atoms with Crippen molar-refractivity contribution in [2.24, 2.45) is 0 Å². The zero-order valence-electron chi connectivity index (χ0n) is 16.1. The summed E-state index contributed by atoms with van der Waals surface area (Å²) in [7, 11) is 0. The smallest absolute Gasteiger partial charge is 0.412 e. The molecule has 0 fully saturated rings. The van der Waals surface area contributed by atoms with Gasteiger partial charge in [-0.3, -0.25) is 10.00 Å². The van der Waals surface area contributed by atoms with E-state index in [1.807, 2.05) is 0 Å². The van der Waals surface area contributed by atoms with E-state index >= 15 is 0 Å². The minimum Gasteiger partial charge on any atom is -0.463 e. The second kappa shape index (κ2) is 8.04. The van der Waals surface area contributed by atoms with Crippen LogP contribution < -0.4 is 5.32 Å². The van der Waals surface area contributed by atoms with Gasteiger partial charge in [-0.2, -0.15) is 5.10 Å². The van der Waals surface area contributed by atoms with E-state index in [0.29, 0.717) is 0 Å². The first-order valence-corrected chi connectivity index (χ1v) is 9.94. The molecule has 0 aliphatic heterocycles. The first-order valence-electron chi connectivity index (χ1n) is 9.94. The van der Waals surface area contributed by atoms with Crippen molar-refractivity contribution in [2.45, 2.75) is 58.1 Å². The number of ether oxygens (including phenoxy) is 2. The Morgan fingerprint density at radius 2 is 1.89 bits per heavy atom. The lowest BCUT2D eigenvalue weighted by Gasteiger charge is -2.19. The lowest BCUT2D eigenvalue weighted by molar-refractivity contribution is -0.153. The Labute approximate surface area is 164 Å². The molecule has 0 bridgehead atoms. The molecule has 7 nitrogen and oxygen atoms in total. The van der Waals surface area contributed by atoms with Crippen molar-refractivity contribution in [2.75, 3.05) is 11.9 Å². The highest BCUT2D eigenvalue weighted by molar-refractivity contribution is 5.90. The average Bonchev–Trinajstić information content (AvgIpc) is 3.42. The quantitative estimate of drug-likeness (QED) is 0.776. The first-order chi connectivity index (χ1) is 13.7. The molecule has 2 aliphatic rings. The fourth-order valence-corrected chi connectivity index (χ4v) is 4.20. The zero-order valence-corrected chi connectivity index (χ0v) is 16.1. The van der Waals surface area contributed by atoms with Crippen LogP contribution in [0.2, 0.25) is 0 Å². The van der Waals surface area contributed by atoms with E-state index in [4.69, 9.17) is 9.47 Å². The predicted molar refractivity (Wildman–Crippen MR) is 103 cm³/mol. The highest BCUT2D eigenvalue weighted by Crippen LogP contribution is 2.38. The van der Waals surface area contributed by atoms with E-state index < -0.39 is 18.2 Å². The van der Waals surface area contributed by atoms with Gasteiger partial charge < -0.3 is 9.47 Å². The summed E-state index contributed by atoms with van der Waals surface area (Å²) in [4.78, 5) is 25.0. The van der Waals surface area contributed by atoms with Gasteiger partial charge in [0.25, 0.3) is 0 Å². The molecule has 0 spiro atoms. The third kappa shape index (κ3) is 3.74. The fraction of sp³-hybridized carbons (Fsp3) is 0.476. The Hall–Kier alpha value is -2.83. The SMILES string of the molecule is CCOC(=O)C(Cn1cccn1)OC(=O)Nc1c2c(cc3c1CCC3)CCC2. The van der Waals surface area contributed by atoms with Crippen LogP contribution in [0.4, 0.5) is 10.5 Å². The van der Waals surface area contributed by atoms with Crippen molar-refractivity contribution in [1.29, 1.82) is 0 Å². The van der Waals surface area contributed by atoms with Crippen molar-refractivity contribution in [3.05, 3.63) is 46.8 Å². The molecule has 0 radical (unpaired) electrons. The van der Waals surface area contributed by atoms with Crippen LogP contribution in [0.15, 0.2) is 24.5 Å². The normalized spacial score (nSPS) is 15.6. The van der Waals surface area contributed by atoms with E-state index in [1.54, 1.807) is 30.1 Å². The fourth-order valence-electron chi connectivity index (χ4n) is 4.20. The Kier molecular flexibility index (Phi) is 5.32. The van der Waals surface area contributed by atoms with Crippen molar-refractivity contribution in [3.63, 3.8) is 0 Å². The van der Waals surface area contributed by atoms with E-state index in [0.717, 1.165) is 44.2 Å². The average molecular weight is 383 g/mol. The lowest BCUT2D eigenvalue weighted by Crippen LogP contribution is -2.35. The van der Waals surface area contributed by atoms with Crippen LogP contribution in [0.25, 0.3) is 0 Å². The summed E-state index contributed by atoms with van der Waals surface area (Å²) in [5.41, 5.74) is 5.99. The molecule has 0 saturated carbocycles. The number of amides is 1. The number of fused-ring (bicyclic) bond motifs is 2. The standard InChI is InChI=1S/C21H25N3O4/c1-2-27-20(25)18(13-24-11-5-10-22-24)28-21(26)23-19-16-8-3-6-14(16)12-15-7-4-9-17(15)19/h5,10-12,18H,2-4,6-9,13H2,1H3,(H,23,26). The Morgan fingerprint density at radius 3 is 2.50 bits per heavy atom. The van der Waals surface area contributed by atoms with Gasteiger partial charge in [-0.15, -0.1) is 0 Å². The maximum Gasteiger partial charge on any atom is 0.412 e. The number of carbonyl (C=O) groups is 2. The summed E-state index contributed by atoms with van der Waals surface area (Å²) in [6.45, 7) is 2.06. The number of carbonyl (C=O) groups excluding carboxylic acids is 2. The number of aromatic nitrogens is 2. The van der Waals surface area contributed by atoms with Crippen LogP contribution >= 0.6 is 0 Å². The molecule has 7 heteroatoms. The van der Waals surface area contributed by atoms with E-state index in [-0.39, 0.29) is 13.2 Å². The highest BCUT2D eigenvalue weighted by atomic mass is 16.6. The monoisotopic (exact) mass is 383 g/mol. The predicted octanol–water partition coefficient (Wildman–Crippen LogP) is 3.04. The first kappa shape index (κ1) is 18.5. The van der Waals surface area contributed by atoms with E-state index in [9.17, 15) is 9.59 Å². The number of hydrogen-bond acceptors (Lipinski definition) is 5. The van der Waals surface area contributed by atoms with E-state index in [1.165, 1.54) is 22.3 Å². The molecule has 1 heterocycles. The summed E-state index contributed by atoms with van der Waals surface area (Å²) in [6, 6.07) is 4.05. The summed E-state index contributed by atoms with van der Waals surface area (Å²) in [5, 5.41) is 7.03. The number of rotatable bonds is 6. The summed E-state index contributed by atoms with van der Waals surface area (Å²) < 4.78 is 12.1. The van der Waals surface area contributed by atoms with Crippen LogP contribution in [0.3, 0.4) is 0 Å². The Balaban J connectivity index is 1.52. The second-order valence-corrected chi connectivity index (χ2v) is 7.23. The molecule has 1 N–H and O–H groups in total. The number of aryl methyl sites for hydroxylation is 2. The third-order valence-corrected chi connectivity index (χ3v) is 5.41. The molecular formula is C21H25N3O4. The van der Waals surface area contributed by atoms with Crippen molar-refractivity contribution >= 4 is 17.7 Å². The number of benzene rings is 1. The van der Waals surface area contributed by atoms with Gasteiger partial charge in [-0.25, -0.2) is 9.59 Å². The van der Waals surface area contributed by atoms with Gasteiger partial charge in [0.1, 0.15) is 0 Å². The Bertz CT molecular complexity index is 844. The molecule has 1 amide bonds. The van der Waals surface area contributed by atoms with E-state index in [2.05, 4.69) is 16.5 Å². The van der Waals surface area contributed by atoms with Gasteiger partial charge >= 0.3 is 12.1 Å². The summed E-state index contributed by atoms with van der Waals surface area (Å²) >= 11 is 0. The molecule has 1 atom stereocenters. The molecule has 0 saturated heterocycles. The topological polar surface area (TPSA) is 82.5 Å². The van der Waals surface area contributed by atoms with Crippen molar-refractivity contribution in [3.8, 4) is 0 Å². The van der Waals surface area contributed by atoms with Crippen molar-refractivity contribution < 1.29 is 19.1 Å². The molecule has 148 valence electrons. The number of nitrogens with zero attached hydrogens (tertiary/aromatic N) is 2. The molecular weight excluding hydrogens is 358 g/mol. The molecule has 1 aromatic carbocycles. The zero-order chi connectivity index (χ0) is 19.5. The van der Waals surface area contributed by atoms with Crippen LogP contribution in [-0.4, -0.2) is 34.6 Å². The van der Waals surface area contributed by atoms with Crippen LogP contribution in [0.1, 0.15) is 42.0 Å². The van der Waals surface area contributed by atoms with Gasteiger partial charge in [0.2, 0.25) is 6.10 Å². The number of hydrogen-bond donors (Lipinski definition) is 1. The molecule has 2 aromatic rings. The van der Waals surface area contributed by atoms with Crippen molar-refractivity contribution in [1.82, 2.24) is 9.78 Å². The summed E-state index contributed by atoms with van der Waals surface area (Å²) in [6.07, 6.45) is 7.89. The van der Waals surface area contributed by atoms with Gasteiger partial charge in [-0.1, -0.05) is 6.07 Å². The molecule has 1 aromatic heterocycles. The number of esters is 1. The number of anilines is 1. The number of nitrogens with one attached hydrogen (secondary N) is 1. The highest BCUT2D eigenvalue weighted by Gasteiger charge is 2.28. The van der Waals surface area contributed by atoms with Crippen LogP contribution in [0, 0.1) is 0 Å². The molecule has 4 rings (SSSR count). The molecule has 2 aliphatic carbocycles. The van der Waals surface area contributed by atoms with Gasteiger partial charge in [0.15, 0.2) is 0 Å². The second-order valence-electron chi connectivity index (χ2n) is 7.23. The minimum atomic E-state index is -1.05. The maximum atomic E-state index is 12.7. The van der Waals surface area contributed by atoms with Crippen LogP contribution in [0.5, 0.6) is 0 Å². The lowest BCUT2D eigenvalue weighted by atomic mass is 9.99. The van der Waals surface area contributed by atoms with Gasteiger partial charge in [-0.05, 0) is 73.8 Å². The Morgan fingerprint density at radius 1 is 1.18 bits per heavy atom. The third-order valence-electron chi connectivity index (χ3n) is 5.41. The molecule has 1 unspecified atom stereocenters. The van der Waals surface area contributed by atoms with Gasteiger partial charge in [0.05, 0.1) is 18.8 Å². The van der Waals surface area contributed by atoms with Crippen LogP contribution in [-0.2, 0) is 46.5 Å². The summed E-state index contributed by atoms with van der Waals surface area (Å²) in [5.74, 6) is -0.573. The minimum absolute atomic E-state index is 0.115.